The van der Waals surface area contributed by atoms with Crippen LogP contribution in [0.25, 0.3) is 0 Å². The molecule has 0 aromatic carbocycles. The van der Waals surface area contributed by atoms with Gasteiger partial charge in [0.2, 0.25) is 5.91 Å². The fourth-order valence-electron chi connectivity index (χ4n) is 3.88. The van der Waals surface area contributed by atoms with Crippen molar-refractivity contribution in [1.29, 1.82) is 0 Å². The van der Waals surface area contributed by atoms with E-state index in [9.17, 15) is 9.90 Å². The molecule has 1 aliphatic carbocycles. The molecule has 3 rings (SSSR count). The first-order chi connectivity index (χ1) is 11.4. The number of amides is 1. The highest BCUT2D eigenvalue weighted by Gasteiger charge is 2.35. The number of anilines is 1. The zero-order chi connectivity index (χ0) is 17.2. The molecule has 1 saturated heterocycles. The maximum absolute atomic E-state index is 12.3. The van der Waals surface area contributed by atoms with Gasteiger partial charge < -0.3 is 19.8 Å². The summed E-state index contributed by atoms with van der Waals surface area (Å²) >= 11 is 0. The number of hydrogen-bond acceptors (Lipinski definition) is 5. The summed E-state index contributed by atoms with van der Waals surface area (Å²) in [6, 6.07) is 1.73. The van der Waals surface area contributed by atoms with Crippen LogP contribution >= 0.6 is 0 Å². The average molecular weight is 335 g/mol. The fourth-order valence-corrected chi connectivity index (χ4v) is 3.88. The molecular weight excluding hydrogens is 306 g/mol. The molecule has 0 spiro atoms. The molecule has 2 aliphatic rings. The predicted octanol–water partition coefficient (Wildman–Crippen LogP) is 2.57. The Morgan fingerprint density at radius 3 is 2.62 bits per heavy atom. The Morgan fingerprint density at radius 2 is 2.04 bits per heavy atom. The second kappa shape index (κ2) is 7.23. The third-order valence-electron chi connectivity index (χ3n) is 5.56. The lowest BCUT2D eigenvalue weighted by Gasteiger charge is -2.41. The zero-order valence-corrected chi connectivity index (χ0v) is 14.8. The predicted molar refractivity (Wildman–Crippen MR) is 91.6 cm³/mol. The summed E-state index contributed by atoms with van der Waals surface area (Å²) < 4.78 is 4.97. The molecule has 1 aromatic heterocycles. The van der Waals surface area contributed by atoms with Crippen molar-refractivity contribution >= 4 is 11.7 Å². The number of likely N-dealkylation sites (tertiary alicyclic amines) is 1. The van der Waals surface area contributed by atoms with E-state index in [-0.39, 0.29) is 11.8 Å². The molecule has 1 aromatic rings. The lowest BCUT2D eigenvalue weighted by Crippen LogP contribution is -2.48. The Kier molecular flexibility index (Phi) is 5.25. The lowest BCUT2D eigenvalue weighted by atomic mass is 9.79. The van der Waals surface area contributed by atoms with Crippen LogP contribution in [0.2, 0.25) is 0 Å². The number of nitrogens with zero attached hydrogens (tertiary/aromatic N) is 2. The number of aliphatic hydroxyl groups is 1. The lowest BCUT2D eigenvalue weighted by molar-refractivity contribution is -0.121. The summed E-state index contributed by atoms with van der Waals surface area (Å²) in [4.78, 5) is 14.6. The first kappa shape index (κ1) is 17.4. The highest BCUT2D eigenvalue weighted by atomic mass is 16.5. The molecule has 24 heavy (non-hydrogen) atoms. The summed E-state index contributed by atoms with van der Waals surface area (Å²) in [5.74, 6) is 1.95. The first-order valence-electron chi connectivity index (χ1n) is 9.12. The standard InChI is InChI=1S/C18H29N3O3/c1-13-3-7-18(23,8-4-13)12-21-9-5-15(6-10-21)17(22)19-16-11-14(2)24-20-16/h11,13,15,23H,3-10,12H2,1-2H3,(H,19,20,22). The molecule has 6 nitrogen and oxygen atoms in total. The number of β-amino-alcohol motifs (C(OH)–C–C–N with tert-alkyl or cyclic N) is 1. The highest BCUT2D eigenvalue weighted by molar-refractivity contribution is 5.91. The van der Waals surface area contributed by atoms with Gasteiger partial charge in [-0.15, -0.1) is 0 Å². The molecule has 2 heterocycles. The molecule has 1 aliphatic heterocycles. The van der Waals surface area contributed by atoms with Gasteiger partial charge >= 0.3 is 0 Å². The summed E-state index contributed by atoms with van der Waals surface area (Å²) in [6.07, 6.45) is 5.70. The Hall–Kier alpha value is -1.40. The molecule has 0 radical (unpaired) electrons. The Labute approximate surface area is 143 Å². The van der Waals surface area contributed by atoms with E-state index in [1.54, 1.807) is 13.0 Å². The van der Waals surface area contributed by atoms with Crippen LogP contribution in [-0.4, -0.2) is 46.3 Å². The number of aryl methyl sites for hydroxylation is 1. The average Bonchev–Trinajstić information content (AvgIpc) is 2.96. The van der Waals surface area contributed by atoms with Crippen molar-refractivity contribution in [1.82, 2.24) is 10.1 Å². The van der Waals surface area contributed by atoms with Crippen LogP contribution in [0.1, 0.15) is 51.2 Å². The van der Waals surface area contributed by atoms with Gasteiger partial charge in [0, 0.05) is 18.5 Å². The number of hydrogen-bond donors (Lipinski definition) is 2. The van der Waals surface area contributed by atoms with Gasteiger partial charge in [-0.2, -0.15) is 0 Å². The topological polar surface area (TPSA) is 78.6 Å². The Bertz CT molecular complexity index is 556. The van der Waals surface area contributed by atoms with Crippen LogP contribution in [-0.2, 0) is 4.79 Å². The first-order valence-corrected chi connectivity index (χ1v) is 9.12. The molecule has 134 valence electrons. The van der Waals surface area contributed by atoms with E-state index in [1.807, 2.05) is 0 Å². The smallest absolute Gasteiger partial charge is 0.228 e. The number of carbonyl (C=O) groups is 1. The van der Waals surface area contributed by atoms with E-state index in [2.05, 4.69) is 22.3 Å². The highest BCUT2D eigenvalue weighted by Crippen LogP contribution is 2.33. The maximum atomic E-state index is 12.3. The third-order valence-corrected chi connectivity index (χ3v) is 5.56. The Balaban J connectivity index is 1.44. The van der Waals surface area contributed by atoms with Crippen molar-refractivity contribution in [2.75, 3.05) is 25.0 Å². The van der Waals surface area contributed by atoms with E-state index >= 15 is 0 Å². The minimum absolute atomic E-state index is 0.0132. The van der Waals surface area contributed by atoms with Crippen LogP contribution in [0.15, 0.2) is 10.6 Å². The number of piperidine rings is 1. The summed E-state index contributed by atoms with van der Waals surface area (Å²) in [5.41, 5.74) is -0.528. The van der Waals surface area contributed by atoms with E-state index in [0.29, 0.717) is 11.6 Å². The van der Waals surface area contributed by atoms with Crippen molar-refractivity contribution in [3.8, 4) is 0 Å². The van der Waals surface area contributed by atoms with Crippen molar-refractivity contribution in [2.24, 2.45) is 11.8 Å². The zero-order valence-electron chi connectivity index (χ0n) is 14.8. The maximum Gasteiger partial charge on any atom is 0.228 e. The van der Waals surface area contributed by atoms with Crippen LogP contribution in [0.4, 0.5) is 5.82 Å². The van der Waals surface area contributed by atoms with Crippen molar-refractivity contribution in [2.45, 2.75) is 58.0 Å². The molecular formula is C18H29N3O3. The third kappa shape index (κ3) is 4.36. The van der Waals surface area contributed by atoms with Gasteiger partial charge in [-0.1, -0.05) is 12.1 Å². The molecule has 1 amide bonds. The van der Waals surface area contributed by atoms with Crippen LogP contribution < -0.4 is 5.32 Å². The van der Waals surface area contributed by atoms with Gasteiger partial charge in [-0.25, -0.2) is 0 Å². The molecule has 0 bridgehead atoms. The molecule has 0 unspecified atom stereocenters. The number of nitrogens with one attached hydrogen (secondary N) is 1. The Morgan fingerprint density at radius 1 is 1.38 bits per heavy atom. The van der Waals surface area contributed by atoms with Crippen LogP contribution in [0.5, 0.6) is 0 Å². The van der Waals surface area contributed by atoms with Gasteiger partial charge in [0.1, 0.15) is 5.76 Å². The van der Waals surface area contributed by atoms with Crippen molar-refractivity contribution in [3.05, 3.63) is 11.8 Å². The van der Waals surface area contributed by atoms with Gasteiger partial charge in [-0.05, 0) is 64.5 Å². The minimum atomic E-state index is -0.528. The van der Waals surface area contributed by atoms with Crippen molar-refractivity contribution in [3.63, 3.8) is 0 Å². The summed E-state index contributed by atoms with van der Waals surface area (Å²) in [5, 5.41) is 17.4. The van der Waals surface area contributed by atoms with E-state index in [1.165, 1.54) is 0 Å². The monoisotopic (exact) mass is 335 g/mol. The van der Waals surface area contributed by atoms with Crippen LogP contribution in [0.3, 0.4) is 0 Å². The van der Waals surface area contributed by atoms with E-state index in [0.717, 1.165) is 64.1 Å². The number of carbonyl (C=O) groups excluding carboxylic acids is 1. The fraction of sp³-hybridized carbons (Fsp3) is 0.778. The molecule has 2 fully saturated rings. The van der Waals surface area contributed by atoms with Gasteiger partial charge in [0.25, 0.3) is 0 Å². The molecule has 1 saturated carbocycles. The normalized spacial score (nSPS) is 29.5. The van der Waals surface area contributed by atoms with Crippen LogP contribution in [0, 0.1) is 18.8 Å². The van der Waals surface area contributed by atoms with Gasteiger partial charge in [0.15, 0.2) is 5.82 Å². The summed E-state index contributed by atoms with van der Waals surface area (Å²) in [6.45, 7) is 6.55. The molecule has 0 atom stereocenters. The molecule has 2 N–H and O–H groups in total. The number of rotatable bonds is 4. The summed E-state index contributed by atoms with van der Waals surface area (Å²) in [7, 11) is 0. The van der Waals surface area contributed by atoms with Gasteiger partial charge in [0.05, 0.1) is 5.60 Å². The minimum Gasteiger partial charge on any atom is -0.389 e. The number of aromatic nitrogens is 1. The van der Waals surface area contributed by atoms with Crippen molar-refractivity contribution < 1.29 is 14.4 Å². The van der Waals surface area contributed by atoms with E-state index in [4.69, 9.17) is 4.52 Å². The molecule has 6 heteroatoms. The quantitative estimate of drug-likeness (QED) is 0.884. The second-order valence-corrected chi connectivity index (χ2v) is 7.77. The largest absolute Gasteiger partial charge is 0.389 e. The SMILES string of the molecule is Cc1cc(NC(=O)C2CCN(CC3(O)CCC(C)CC3)CC2)no1. The van der Waals surface area contributed by atoms with Gasteiger partial charge in [-0.3, -0.25) is 4.79 Å². The second-order valence-electron chi connectivity index (χ2n) is 7.77. The van der Waals surface area contributed by atoms with E-state index < -0.39 is 5.60 Å².